The summed E-state index contributed by atoms with van der Waals surface area (Å²) in [6.45, 7) is 3.61. The van der Waals surface area contributed by atoms with E-state index in [-0.39, 0.29) is 16.1 Å². The van der Waals surface area contributed by atoms with Gasteiger partial charge in [0.15, 0.2) is 0 Å². The molecule has 1 heterocycles. The highest BCUT2D eigenvalue weighted by molar-refractivity contribution is 6.34. The number of halogens is 2. The lowest BCUT2D eigenvalue weighted by atomic mass is 10.0. The maximum absolute atomic E-state index is 13.0. The van der Waals surface area contributed by atoms with E-state index in [1.165, 1.54) is 0 Å². The van der Waals surface area contributed by atoms with Crippen LogP contribution < -0.4 is 5.84 Å². The molecule has 0 fully saturated rings. The number of amides is 2. The third kappa shape index (κ3) is 4.80. The number of pyridine rings is 1. The predicted molar refractivity (Wildman–Crippen MR) is 135 cm³/mol. The number of aromatic nitrogens is 1. The summed E-state index contributed by atoms with van der Waals surface area (Å²) in [5.41, 5.74) is 4.08. The molecular weight excluding hydrogens is 469 g/mol. The van der Waals surface area contributed by atoms with Crippen LogP contribution in [-0.2, 0) is 0 Å². The lowest BCUT2D eigenvalue weighted by molar-refractivity contribution is 0.0615. The molecule has 2 amide bonds. The quantitative estimate of drug-likeness (QED) is 0.129. The summed E-state index contributed by atoms with van der Waals surface area (Å²) in [4.78, 5) is 30.2. The van der Waals surface area contributed by atoms with Gasteiger partial charge < -0.3 is 0 Å². The molecule has 168 valence electrons. The number of aryl methyl sites for hydroxylation is 2. The Kier molecular flexibility index (Phi) is 6.67. The highest BCUT2D eigenvalue weighted by atomic mass is 35.5. The number of fused-ring (bicyclic) bond motifs is 1. The first-order valence-corrected chi connectivity index (χ1v) is 11.1. The molecule has 3 aromatic carbocycles. The van der Waals surface area contributed by atoms with Crippen molar-refractivity contribution in [2.45, 2.75) is 13.8 Å². The van der Waals surface area contributed by atoms with Crippen molar-refractivity contribution in [3.63, 3.8) is 0 Å². The van der Waals surface area contributed by atoms with Crippen LogP contribution in [0.15, 0.2) is 66.9 Å². The standard InChI is InChI=1S/C27H19Cl2N3O2/c1-16-6-8-20(26(33)32(30)27(34)25-17(2)4-3-5-23(25)29)13-19(16)9-7-18-12-21-14-22(28)10-11-24(21)31-15-18/h3-6,8,10-15H,30H2,1-2H3. The summed E-state index contributed by atoms with van der Waals surface area (Å²) in [5, 5.41) is 2.31. The van der Waals surface area contributed by atoms with Crippen LogP contribution >= 0.6 is 23.2 Å². The highest BCUT2D eigenvalue weighted by Gasteiger charge is 2.24. The van der Waals surface area contributed by atoms with Gasteiger partial charge in [-0.2, -0.15) is 0 Å². The fourth-order valence-corrected chi connectivity index (χ4v) is 3.94. The number of hydrogen-bond acceptors (Lipinski definition) is 4. The molecule has 0 spiro atoms. The zero-order chi connectivity index (χ0) is 24.4. The molecule has 0 aliphatic carbocycles. The first-order chi connectivity index (χ1) is 16.2. The van der Waals surface area contributed by atoms with Crippen molar-refractivity contribution >= 4 is 45.9 Å². The van der Waals surface area contributed by atoms with E-state index >= 15 is 0 Å². The molecule has 0 radical (unpaired) electrons. The van der Waals surface area contributed by atoms with Gasteiger partial charge in [0, 0.05) is 33.3 Å². The molecule has 0 atom stereocenters. The van der Waals surface area contributed by atoms with E-state index in [1.807, 2.05) is 25.1 Å². The summed E-state index contributed by atoms with van der Waals surface area (Å²) in [6, 6.07) is 17.4. The Balaban J connectivity index is 1.63. The number of carbonyl (C=O) groups excluding carboxylic acids is 2. The molecule has 4 aromatic rings. The predicted octanol–water partition coefficient (Wildman–Crippen LogP) is 5.71. The van der Waals surface area contributed by atoms with E-state index in [4.69, 9.17) is 29.0 Å². The molecule has 0 bridgehead atoms. The number of benzene rings is 3. The van der Waals surface area contributed by atoms with Crippen LogP contribution in [-0.4, -0.2) is 21.8 Å². The minimum absolute atomic E-state index is 0.191. The smallest absolute Gasteiger partial charge is 0.267 e. The lowest BCUT2D eigenvalue weighted by Gasteiger charge is -2.17. The molecule has 0 saturated heterocycles. The molecule has 0 unspecified atom stereocenters. The van der Waals surface area contributed by atoms with E-state index in [0.29, 0.717) is 26.7 Å². The average Bonchev–Trinajstić information content (AvgIpc) is 2.82. The Morgan fingerprint density at radius 1 is 0.912 bits per heavy atom. The minimum Gasteiger partial charge on any atom is -0.267 e. The molecule has 0 aliphatic rings. The van der Waals surface area contributed by atoms with Crippen molar-refractivity contribution in [2.24, 2.45) is 5.84 Å². The van der Waals surface area contributed by atoms with Crippen LogP contribution in [0.2, 0.25) is 10.0 Å². The summed E-state index contributed by atoms with van der Waals surface area (Å²) < 4.78 is 0. The van der Waals surface area contributed by atoms with Gasteiger partial charge in [-0.1, -0.05) is 53.2 Å². The van der Waals surface area contributed by atoms with Crippen LogP contribution in [0, 0.1) is 25.7 Å². The summed E-state index contributed by atoms with van der Waals surface area (Å²) in [7, 11) is 0. The second kappa shape index (κ2) is 9.66. The van der Waals surface area contributed by atoms with Crippen molar-refractivity contribution in [2.75, 3.05) is 0 Å². The molecule has 2 N–H and O–H groups in total. The number of rotatable bonds is 2. The maximum Gasteiger partial charge on any atom is 0.276 e. The molecule has 7 heteroatoms. The zero-order valence-electron chi connectivity index (χ0n) is 18.4. The van der Waals surface area contributed by atoms with E-state index in [2.05, 4.69) is 16.8 Å². The highest BCUT2D eigenvalue weighted by Crippen LogP contribution is 2.22. The normalized spacial score (nSPS) is 10.5. The van der Waals surface area contributed by atoms with Gasteiger partial charge in [-0.05, 0) is 67.4 Å². The third-order valence-electron chi connectivity index (χ3n) is 5.34. The number of imide groups is 1. The van der Waals surface area contributed by atoms with Gasteiger partial charge in [-0.3, -0.25) is 14.6 Å². The monoisotopic (exact) mass is 487 g/mol. The maximum atomic E-state index is 13.0. The van der Waals surface area contributed by atoms with Gasteiger partial charge in [-0.25, -0.2) is 10.9 Å². The lowest BCUT2D eigenvalue weighted by Crippen LogP contribution is -2.43. The van der Waals surface area contributed by atoms with Gasteiger partial charge in [0.1, 0.15) is 0 Å². The number of hydrazine groups is 1. The van der Waals surface area contributed by atoms with E-state index in [9.17, 15) is 9.59 Å². The Labute approximate surface area is 207 Å². The second-order valence-corrected chi connectivity index (χ2v) is 8.60. The number of hydrogen-bond donors (Lipinski definition) is 1. The van der Waals surface area contributed by atoms with E-state index < -0.39 is 11.8 Å². The summed E-state index contributed by atoms with van der Waals surface area (Å²) in [5.74, 6) is 10.7. The molecule has 0 saturated carbocycles. The molecule has 34 heavy (non-hydrogen) atoms. The van der Waals surface area contributed by atoms with E-state index in [1.54, 1.807) is 55.6 Å². The Morgan fingerprint density at radius 3 is 2.47 bits per heavy atom. The third-order valence-corrected chi connectivity index (χ3v) is 5.89. The summed E-state index contributed by atoms with van der Waals surface area (Å²) >= 11 is 12.2. The van der Waals surface area contributed by atoms with Gasteiger partial charge in [-0.15, -0.1) is 0 Å². The van der Waals surface area contributed by atoms with Crippen LogP contribution in [0.5, 0.6) is 0 Å². The van der Waals surface area contributed by atoms with Crippen LogP contribution in [0.25, 0.3) is 10.9 Å². The van der Waals surface area contributed by atoms with Crippen molar-refractivity contribution in [1.82, 2.24) is 9.99 Å². The van der Waals surface area contributed by atoms with Gasteiger partial charge in [0.25, 0.3) is 11.8 Å². The van der Waals surface area contributed by atoms with Gasteiger partial charge in [0.05, 0.1) is 16.1 Å². The largest absolute Gasteiger partial charge is 0.276 e. The SMILES string of the molecule is Cc1ccc(C(=O)N(N)C(=O)c2c(C)cccc2Cl)cc1C#Cc1cnc2ccc(Cl)cc2c1. The average molecular weight is 488 g/mol. The molecule has 4 rings (SSSR count). The van der Waals surface area contributed by atoms with Gasteiger partial charge >= 0.3 is 0 Å². The molecular formula is C27H19Cl2N3O2. The zero-order valence-corrected chi connectivity index (χ0v) is 19.9. The minimum atomic E-state index is -0.679. The van der Waals surface area contributed by atoms with Crippen molar-refractivity contribution in [3.05, 3.63) is 110 Å². The van der Waals surface area contributed by atoms with Crippen LogP contribution in [0.3, 0.4) is 0 Å². The van der Waals surface area contributed by atoms with Crippen molar-refractivity contribution in [1.29, 1.82) is 0 Å². The first-order valence-electron chi connectivity index (χ1n) is 10.3. The Morgan fingerprint density at radius 2 is 1.71 bits per heavy atom. The molecule has 0 aliphatic heterocycles. The summed E-state index contributed by atoms with van der Waals surface area (Å²) in [6.07, 6.45) is 1.68. The Bertz CT molecular complexity index is 1500. The number of nitrogens with zero attached hydrogens (tertiary/aromatic N) is 2. The van der Waals surface area contributed by atoms with Crippen LogP contribution in [0.4, 0.5) is 0 Å². The number of carbonyl (C=O) groups is 2. The Hall–Kier alpha value is -3.69. The first kappa shape index (κ1) is 23.5. The fourth-order valence-electron chi connectivity index (χ4n) is 3.45. The topological polar surface area (TPSA) is 76.3 Å². The molecule has 5 nitrogen and oxygen atoms in total. The van der Waals surface area contributed by atoms with Gasteiger partial charge in [0.2, 0.25) is 0 Å². The second-order valence-electron chi connectivity index (χ2n) is 7.75. The van der Waals surface area contributed by atoms with Crippen LogP contribution in [0.1, 0.15) is 43.0 Å². The van der Waals surface area contributed by atoms with Crippen molar-refractivity contribution in [3.8, 4) is 11.8 Å². The van der Waals surface area contributed by atoms with Crippen molar-refractivity contribution < 1.29 is 9.59 Å². The molecule has 1 aromatic heterocycles. The number of nitrogens with two attached hydrogens (primary N) is 1. The van der Waals surface area contributed by atoms with E-state index in [0.717, 1.165) is 16.5 Å². The fraction of sp³-hybridized carbons (Fsp3) is 0.0741.